The predicted molar refractivity (Wildman–Crippen MR) is 126 cm³/mol. The number of carbonyl (C=O) groups is 3. The molecule has 1 aromatic rings. The summed E-state index contributed by atoms with van der Waals surface area (Å²) in [5, 5.41) is 13.8. The van der Waals surface area contributed by atoms with Crippen LogP contribution < -0.4 is 15.5 Å². The number of imide groups is 1. The fraction of sp³-hybridized carbons (Fsp3) is 0.640. The van der Waals surface area contributed by atoms with Crippen LogP contribution in [0.25, 0.3) is 0 Å². The van der Waals surface area contributed by atoms with E-state index in [0.717, 1.165) is 58.2 Å². The molecule has 0 radical (unpaired) electrons. The van der Waals surface area contributed by atoms with Crippen LogP contribution in [0.5, 0.6) is 0 Å². The molecule has 1 aromatic carbocycles. The van der Waals surface area contributed by atoms with Gasteiger partial charge in [0.15, 0.2) is 0 Å². The molecule has 2 heterocycles. The number of piperidine rings is 2. The van der Waals surface area contributed by atoms with E-state index in [1.165, 1.54) is 6.07 Å². The highest BCUT2D eigenvalue weighted by Gasteiger charge is 2.30. The van der Waals surface area contributed by atoms with Crippen LogP contribution >= 0.6 is 0 Å². The zero-order valence-electron chi connectivity index (χ0n) is 19.8. The molecule has 0 spiro atoms. The number of halogens is 1. The van der Waals surface area contributed by atoms with Gasteiger partial charge in [0.1, 0.15) is 5.82 Å². The Morgan fingerprint density at radius 1 is 1.15 bits per heavy atom. The molecule has 4 rings (SSSR count). The van der Waals surface area contributed by atoms with Crippen LogP contribution in [0.15, 0.2) is 18.2 Å². The van der Waals surface area contributed by atoms with E-state index in [9.17, 15) is 18.8 Å². The molecule has 1 saturated carbocycles. The number of nitrogens with zero attached hydrogens (tertiary/aromatic N) is 2. The van der Waals surface area contributed by atoms with Crippen molar-refractivity contribution in [2.75, 3.05) is 31.6 Å². The van der Waals surface area contributed by atoms with Gasteiger partial charge < -0.3 is 20.2 Å². The highest BCUT2D eigenvalue weighted by molar-refractivity contribution is 6.00. The summed E-state index contributed by atoms with van der Waals surface area (Å²) >= 11 is 0. The van der Waals surface area contributed by atoms with E-state index in [0.29, 0.717) is 29.6 Å². The van der Waals surface area contributed by atoms with Crippen molar-refractivity contribution in [1.82, 2.24) is 15.5 Å². The summed E-state index contributed by atoms with van der Waals surface area (Å²) in [5.74, 6) is -0.823. The van der Waals surface area contributed by atoms with Gasteiger partial charge in [-0.2, -0.15) is 0 Å². The van der Waals surface area contributed by atoms with Gasteiger partial charge in [-0.3, -0.25) is 14.9 Å². The quantitative estimate of drug-likeness (QED) is 0.548. The minimum atomic E-state index is -0.936. The van der Waals surface area contributed by atoms with E-state index in [-0.39, 0.29) is 30.1 Å². The van der Waals surface area contributed by atoms with Gasteiger partial charge in [-0.05, 0) is 75.6 Å². The molecule has 0 bridgehead atoms. The molecular formula is C25H35FN4O4. The zero-order chi connectivity index (χ0) is 24.2. The number of hydrogen-bond donors (Lipinski definition) is 3. The summed E-state index contributed by atoms with van der Waals surface area (Å²) in [6.07, 6.45) is 5.56. The predicted octanol–water partition coefficient (Wildman–Crippen LogP) is 3.07. The summed E-state index contributed by atoms with van der Waals surface area (Å²) in [6, 6.07) is 5.56. The first kappa shape index (κ1) is 24.4. The van der Waals surface area contributed by atoms with Crippen LogP contribution in [-0.2, 0) is 9.59 Å². The van der Waals surface area contributed by atoms with E-state index >= 15 is 0 Å². The first-order valence-corrected chi connectivity index (χ1v) is 12.4. The lowest BCUT2D eigenvalue weighted by atomic mass is 9.85. The van der Waals surface area contributed by atoms with Crippen LogP contribution in [-0.4, -0.2) is 66.7 Å². The van der Waals surface area contributed by atoms with E-state index in [1.54, 1.807) is 6.07 Å². The van der Waals surface area contributed by atoms with Crippen molar-refractivity contribution in [3.05, 3.63) is 29.6 Å². The van der Waals surface area contributed by atoms with E-state index in [2.05, 4.69) is 27.5 Å². The van der Waals surface area contributed by atoms with Gasteiger partial charge in [0.25, 0.3) is 0 Å². The van der Waals surface area contributed by atoms with Crippen LogP contribution in [0.3, 0.4) is 0 Å². The standard InChI is InChI=1S/C25H35FN4O4/c1-29(15-16-2-5-18(6-3-16)27-25(33)34)19-10-12-30(13-11-19)22-8-4-17(14-21(22)26)20-7-9-23(31)28-24(20)32/h4,8,14,16,18-20,27H,2-3,5-7,9-13,15H2,1H3,(H,33,34)(H,28,31,32)/t16-,18-,20?. The Labute approximate surface area is 199 Å². The van der Waals surface area contributed by atoms with Gasteiger partial charge >= 0.3 is 6.09 Å². The number of rotatable bonds is 6. The van der Waals surface area contributed by atoms with Crippen molar-refractivity contribution in [2.24, 2.45) is 5.92 Å². The molecule has 3 amide bonds. The average molecular weight is 475 g/mol. The van der Waals surface area contributed by atoms with Gasteiger partial charge in [-0.1, -0.05) is 6.07 Å². The maximum Gasteiger partial charge on any atom is 0.404 e. The van der Waals surface area contributed by atoms with Crippen LogP contribution in [0.1, 0.15) is 62.8 Å². The monoisotopic (exact) mass is 474 g/mol. The molecular weight excluding hydrogens is 439 g/mol. The molecule has 1 atom stereocenters. The SMILES string of the molecule is CN(C[C@H]1CC[C@H](NC(=O)O)CC1)C1CCN(c2ccc(C3CCC(=O)NC3=O)cc2F)CC1. The molecule has 0 aromatic heterocycles. The Morgan fingerprint density at radius 2 is 1.85 bits per heavy atom. The lowest BCUT2D eigenvalue weighted by Gasteiger charge is -2.40. The molecule has 2 saturated heterocycles. The van der Waals surface area contributed by atoms with Crippen molar-refractivity contribution < 1.29 is 23.9 Å². The first-order chi connectivity index (χ1) is 16.3. The van der Waals surface area contributed by atoms with Crippen molar-refractivity contribution in [2.45, 2.75) is 69.4 Å². The number of hydrogen-bond acceptors (Lipinski definition) is 5. The number of carboxylic acid groups (broad SMARTS) is 1. The lowest BCUT2D eigenvalue weighted by Crippen LogP contribution is -2.46. The Kier molecular flexibility index (Phi) is 7.70. The minimum absolute atomic E-state index is 0.0820. The largest absolute Gasteiger partial charge is 0.465 e. The van der Waals surface area contributed by atoms with Crippen LogP contribution in [0.4, 0.5) is 14.9 Å². The molecule has 3 N–H and O–H groups in total. The second-order valence-electron chi connectivity index (χ2n) is 10.0. The third kappa shape index (κ3) is 5.87. The number of carbonyl (C=O) groups excluding carboxylic acids is 2. The van der Waals surface area contributed by atoms with Crippen molar-refractivity contribution >= 4 is 23.6 Å². The molecule has 2 aliphatic heterocycles. The summed E-state index contributed by atoms with van der Waals surface area (Å²) in [7, 11) is 2.16. The van der Waals surface area contributed by atoms with Crippen molar-refractivity contribution in [3.63, 3.8) is 0 Å². The molecule has 186 valence electrons. The van der Waals surface area contributed by atoms with E-state index < -0.39 is 12.0 Å². The molecule has 1 unspecified atom stereocenters. The summed E-state index contributed by atoms with van der Waals surface area (Å²) in [6.45, 7) is 2.57. The highest BCUT2D eigenvalue weighted by Crippen LogP contribution is 2.31. The first-order valence-electron chi connectivity index (χ1n) is 12.4. The lowest BCUT2D eigenvalue weighted by molar-refractivity contribution is -0.134. The van der Waals surface area contributed by atoms with Crippen molar-refractivity contribution in [1.29, 1.82) is 0 Å². The Hall–Kier alpha value is -2.68. The van der Waals surface area contributed by atoms with E-state index in [1.807, 2.05) is 6.07 Å². The Morgan fingerprint density at radius 3 is 2.47 bits per heavy atom. The highest BCUT2D eigenvalue weighted by atomic mass is 19.1. The number of benzene rings is 1. The second-order valence-corrected chi connectivity index (χ2v) is 10.0. The van der Waals surface area contributed by atoms with Gasteiger partial charge in [0, 0.05) is 38.1 Å². The topological polar surface area (TPSA) is 102 Å². The van der Waals surface area contributed by atoms with Crippen molar-refractivity contribution in [3.8, 4) is 0 Å². The number of anilines is 1. The molecule has 1 aliphatic carbocycles. The molecule has 9 heteroatoms. The molecule has 34 heavy (non-hydrogen) atoms. The molecule has 8 nitrogen and oxygen atoms in total. The van der Waals surface area contributed by atoms with Crippen LogP contribution in [0.2, 0.25) is 0 Å². The maximum atomic E-state index is 15.0. The fourth-order valence-corrected chi connectivity index (χ4v) is 5.78. The average Bonchev–Trinajstić information content (AvgIpc) is 2.80. The summed E-state index contributed by atoms with van der Waals surface area (Å²) < 4.78 is 15.0. The Balaban J connectivity index is 1.26. The normalized spacial score (nSPS) is 26.4. The zero-order valence-corrected chi connectivity index (χ0v) is 19.8. The van der Waals surface area contributed by atoms with E-state index in [4.69, 9.17) is 5.11 Å². The van der Waals surface area contributed by atoms with Gasteiger partial charge in [0.05, 0.1) is 11.6 Å². The summed E-state index contributed by atoms with van der Waals surface area (Å²) in [5.41, 5.74) is 1.19. The molecule has 3 aliphatic rings. The summed E-state index contributed by atoms with van der Waals surface area (Å²) in [4.78, 5) is 38.8. The Bertz CT molecular complexity index is 910. The fourth-order valence-electron chi connectivity index (χ4n) is 5.78. The minimum Gasteiger partial charge on any atom is -0.465 e. The molecule has 3 fully saturated rings. The van der Waals surface area contributed by atoms with Gasteiger partial charge in [0.2, 0.25) is 11.8 Å². The number of nitrogens with one attached hydrogen (secondary N) is 2. The smallest absolute Gasteiger partial charge is 0.404 e. The number of amides is 3. The van der Waals surface area contributed by atoms with Gasteiger partial charge in [-0.15, -0.1) is 0 Å². The third-order valence-corrected chi connectivity index (χ3v) is 7.76. The third-order valence-electron chi connectivity index (χ3n) is 7.76. The second kappa shape index (κ2) is 10.7. The maximum absolute atomic E-state index is 15.0. The van der Waals surface area contributed by atoms with Gasteiger partial charge in [-0.25, -0.2) is 9.18 Å². The van der Waals surface area contributed by atoms with Crippen LogP contribution in [0, 0.1) is 11.7 Å².